The molecule has 1 aliphatic rings. The number of carbonyl (C=O) groups is 4. The predicted octanol–water partition coefficient (Wildman–Crippen LogP) is 0.388. The molecule has 4 amide bonds. The number of benzene rings is 1. The molecule has 2 heterocycles. The van der Waals surface area contributed by atoms with Crippen molar-refractivity contribution in [3.8, 4) is 0 Å². The minimum absolute atomic E-state index is 0.274. The Hall–Kier alpha value is -3.49. The topological polar surface area (TPSA) is 113 Å². The Morgan fingerprint density at radius 3 is 2.15 bits per heavy atom. The molecule has 1 aromatic carbocycles. The maximum absolute atomic E-state index is 12.2. The number of rotatable bonds is 5. The summed E-state index contributed by atoms with van der Waals surface area (Å²) in [6.07, 6.45) is 0. The van der Waals surface area contributed by atoms with Crippen LogP contribution in [0, 0.1) is 13.8 Å². The molecule has 0 atom stereocenters. The van der Waals surface area contributed by atoms with Crippen molar-refractivity contribution in [3.63, 3.8) is 0 Å². The van der Waals surface area contributed by atoms with Gasteiger partial charge in [0.05, 0.1) is 34.7 Å². The summed E-state index contributed by atoms with van der Waals surface area (Å²) in [6, 6.07) is 6.39. The fourth-order valence-electron chi connectivity index (χ4n) is 2.90. The lowest BCUT2D eigenvalue weighted by Gasteiger charge is -2.13. The molecule has 0 radical (unpaired) electrons. The van der Waals surface area contributed by atoms with E-state index in [2.05, 4.69) is 15.7 Å². The summed E-state index contributed by atoms with van der Waals surface area (Å²) in [5.41, 5.74) is 2.60. The molecule has 9 nitrogen and oxygen atoms in total. The summed E-state index contributed by atoms with van der Waals surface area (Å²) < 4.78 is 1.64. The van der Waals surface area contributed by atoms with Crippen molar-refractivity contribution >= 4 is 29.3 Å². The van der Waals surface area contributed by atoms with Crippen LogP contribution in [0.4, 0.5) is 5.69 Å². The zero-order valence-electron chi connectivity index (χ0n) is 15.2. The van der Waals surface area contributed by atoms with Gasteiger partial charge in [-0.2, -0.15) is 5.10 Å². The van der Waals surface area contributed by atoms with Crippen molar-refractivity contribution in [2.75, 3.05) is 18.4 Å². The van der Waals surface area contributed by atoms with Gasteiger partial charge in [0.15, 0.2) is 0 Å². The minimum atomic E-state index is -0.598. The second kappa shape index (κ2) is 7.02. The molecular formula is C18H19N5O4. The molecule has 0 unspecified atom stereocenters. The van der Waals surface area contributed by atoms with Crippen LogP contribution < -0.4 is 10.6 Å². The first-order valence-electron chi connectivity index (χ1n) is 8.31. The molecule has 27 heavy (non-hydrogen) atoms. The highest BCUT2D eigenvalue weighted by atomic mass is 16.2. The lowest BCUT2D eigenvalue weighted by molar-refractivity contribution is -0.124. The molecule has 1 aliphatic heterocycles. The van der Waals surface area contributed by atoms with Gasteiger partial charge in [-0.25, -0.2) is 0 Å². The van der Waals surface area contributed by atoms with Crippen molar-refractivity contribution in [2.45, 2.75) is 13.8 Å². The standard InChI is InChI=1S/C18H19N5O4/c1-10-16(11(2)22(3)21-10)20-14(24)8-19-15(25)9-23-17(26)12-6-4-5-7-13(12)18(23)27/h4-7H,8-9H2,1-3H3,(H,19,25)(H,20,24). The van der Waals surface area contributed by atoms with Gasteiger partial charge in [-0.3, -0.25) is 28.8 Å². The number of nitrogens with one attached hydrogen (secondary N) is 2. The van der Waals surface area contributed by atoms with E-state index >= 15 is 0 Å². The van der Waals surface area contributed by atoms with Crippen molar-refractivity contribution in [1.29, 1.82) is 0 Å². The van der Waals surface area contributed by atoms with Gasteiger partial charge in [0, 0.05) is 7.05 Å². The van der Waals surface area contributed by atoms with Gasteiger partial charge in [0.2, 0.25) is 11.8 Å². The monoisotopic (exact) mass is 369 g/mol. The predicted molar refractivity (Wildman–Crippen MR) is 96.1 cm³/mol. The van der Waals surface area contributed by atoms with Crippen molar-refractivity contribution in [3.05, 3.63) is 46.8 Å². The zero-order chi connectivity index (χ0) is 19.7. The van der Waals surface area contributed by atoms with E-state index in [9.17, 15) is 19.2 Å². The number of hydrogen-bond donors (Lipinski definition) is 2. The fraction of sp³-hybridized carbons (Fsp3) is 0.278. The smallest absolute Gasteiger partial charge is 0.262 e. The van der Waals surface area contributed by atoms with Crippen molar-refractivity contribution in [2.24, 2.45) is 7.05 Å². The van der Waals surface area contributed by atoms with Crippen LogP contribution in [-0.4, -0.2) is 51.4 Å². The van der Waals surface area contributed by atoms with Crippen molar-refractivity contribution in [1.82, 2.24) is 20.0 Å². The molecule has 3 rings (SSSR count). The van der Waals surface area contributed by atoms with Crippen LogP contribution >= 0.6 is 0 Å². The third kappa shape index (κ3) is 3.43. The van der Waals surface area contributed by atoms with Crippen LogP contribution in [0.25, 0.3) is 0 Å². The maximum Gasteiger partial charge on any atom is 0.262 e. The summed E-state index contributed by atoms with van der Waals surface area (Å²) in [5.74, 6) is -2.06. The number of aryl methyl sites for hydroxylation is 2. The Bertz CT molecular complexity index is 928. The highest BCUT2D eigenvalue weighted by Crippen LogP contribution is 2.22. The maximum atomic E-state index is 12.2. The number of anilines is 1. The first kappa shape index (κ1) is 18.3. The Kier molecular flexibility index (Phi) is 4.76. The average Bonchev–Trinajstić information content (AvgIpc) is 3.02. The van der Waals surface area contributed by atoms with Gasteiger partial charge in [-0.1, -0.05) is 12.1 Å². The number of nitrogens with zero attached hydrogens (tertiary/aromatic N) is 3. The number of fused-ring (bicyclic) bond motifs is 1. The fourth-order valence-corrected chi connectivity index (χ4v) is 2.90. The highest BCUT2D eigenvalue weighted by Gasteiger charge is 2.36. The molecule has 0 fully saturated rings. The van der Waals surface area contributed by atoms with Crippen molar-refractivity contribution < 1.29 is 19.2 Å². The zero-order valence-corrected chi connectivity index (χ0v) is 15.2. The van der Waals surface area contributed by atoms with E-state index in [-0.39, 0.29) is 17.7 Å². The van der Waals surface area contributed by atoms with E-state index in [1.807, 2.05) is 6.92 Å². The molecule has 0 bridgehead atoms. The molecule has 1 aromatic heterocycles. The van der Waals surface area contributed by atoms with Gasteiger partial charge in [-0.05, 0) is 26.0 Å². The first-order chi connectivity index (χ1) is 12.8. The summed E-state index contributed by atoms with van der Waals surface area (Å²) in [5, 5.41) is 9.31. The van der Waals surface area contributed by atoms with E-state index in [1.165, 1.54) is 0 Å². The molecule has 0 aliphatic carbocycles. The summed E-state index contributed by atoms with van der Waals surface area (Å²) in [4.78, 5) is 49.5. The number of imide groups is 1. The Morgan fingerprint density at radius 1 is 1.04 bits per heavy atom. The van der Waals surface area contributed by atoms with Gasteiger partial charge >= 0.3 is 0 Å². The Balaban J connectivity index is 1.55. The number of amides is 4. The first-order valence-corrected chi connectivity index (χ1v) is 8.31. The number of hydrogen-bond acceptors (Lipinski definition) is 5. The summed E-state index contributed by atoms with van der Waals surface area (Å²) >= 11 is 0. The largest absolute Gasteiger partial charge is 0.345 e. The summed E-state index contributed by atoms with van der Waals surface area (Å²) in [7, 11) is 1.77. The second-order valence-corrected chi connectivity index (χ2v) is 6.24. The number of carbonyl (C=O) groups excluding carboxylic acids is 4. The van der Waals surface area contributed by atoms with Crippen LogP contribution in [0.5, 0.6) is 0 Å². The molecule has 0 saturated heterocycles. The van der Waals surface area contributed by atoms with Crippen LogP contribution in [0.15, 0.2) is 24.3 Å². The third-order valence-electron chi connectivity index (χ3n) is 4.40. The normalized spacial score (nSPS) is 12.9. The van der Waals surface area contributed by atoms with Gasteiger partial charge in [-0.15, -0.1) is 0 Å². The van der Waals surface area contributed by atoms with E-state index in [0.717, 1.165) is 10.6 Å². The van der Waals surface area contributed by atoms with Crippen LogP contribution in [0.2, 0.25) is 0 Å². The Labute approximate surface area is 155 Å². The molecular weight excluding hydrogens is 350 g/mol. The van der Waals surface area contributed by atoms with E-state index in [4.69, 9.17) is 0 Å². The van der Waals surface area contributed by atoms with E-state index in [0.29, 0.717) is 11.4 Å². The van der Waals surface area contributed by atoms with Gasteiger partial charge in [0.1, 0.15) is 6.54 Å². The summed E-state index contributed by atoms with van der Waals surface area (Å²) in [6.45, 7) is 2.86. The lowest BCUT2D eigenvalue weighted by Crippen LogP contribution is -2.42. The van der Waals surface area contributed by atoms with Crippen LogP contribution in [-0.2, 0) is 16.6 Å². The molecule has 0 saturated carbocycles. The van der Waals surface area contributed by atoms with Crippen LogP contribution in [0.3, 0.4) is 0 Å². The van der Waals surface area contributed by atoms with Gasteiger partial charge < -0.3 is 10.6 Å². The third-order valence-corrected chi connectivity index (χ3v) is 4.40. The van der Waals surface area contributed by atoms with E-state index < -0.39 is 30.2 Å². The minimum Gasteiger partial charge on any atom is -0.345 e. The molecule has 140 valence electrons. The SMILES string of the molecule is Cc1nn(C)c(C)c1NC(=O)CNC(=O)CN1C(=O)c2ccccc2C1=O. The molecule has 2 N–H and O–H groups in total. The highest BCUT2D eigenvalue weighted by molar-refractivity contribution is 6.22. The lowest BCUT2D eigenvalue weighted by atomic mass is 10.1. The molecule has 2 aromatic rings. The average molecular weight is 369 g/mol. The Morgan fingerprint density at radius 2 is 1.63 bits per heavy atom. The second-order valence-electron chi connectivity index (χ2n) is 6.24. The van der Waals surface area contributed by atoms with Crippen LogP contribution in [0.1, 0.15) is 32.1 Å². The molecule has 0 spiro atoms. The quantitative estimate of drug-likeness (QED) is 0.740. The van der Waals surface area contributed by atoms with E-state index in [1.54, 1.807) is 42.9 Å². The molecule has 9 heteroatoms. The van der Waals surface area contributed by atoms with Gasteiger partial charge in [0.25, 0.3) is 11.8 Å². The number of aromatic nitrogens is 2.